The molecule has 1 fully saturated rings. The molecule has 0 atom stereocenters. The third-order valence-corrected chi connectivity index (χ3v) is 4.30. The average Bonchev–Trinajstić information content (AvgIpc) is 2.05. The van der Waals surface area contributed by atoms with E-state index in [4.69, 9.17) is 5.73 Å². The molecule has 1 heterocycles. The molecule has 2 aliphatic rings. The van der Waals surface area contributed by atoms with E-state index in [1.54, 1.807) is 0 Å². The largest absolute Gasteiger partial charge is 0.379 e. The molecule has 0 unspecified atom stereocenters. The van der Waals surface area contributed by atoms with Gasteiger partial charge in [-0.1, -0.05) is 31.0 Å². The van der Waals surface area contributed by atoms with Crippen molar-refractivity contribution in [3.05, 3.63) is 0 Å². The van der Waals surface area contributed by atoms with E-state index in [1.807, 2.05) is 11.8 Å². The molecule has 1 spiro atoms. The third-order valence-electron chi connectivity index (χ3n) is 2.92. The summed E-state index contributed by atoms with van der Waals surface area (Å²) in [6.07, 6.45) is 8.15. The van der Waals surface area contributed by atoms with E-state index in [9.17, 15) is 0 Å². The molecule has 12 heavy (non-hydrogen) atoms. The topological polar surface area (TPSA) is 38.4 Å². The van der Waals surface area contributed by atoms with Gasteiger partial charge in [0.25, 0.3) is 0 Å². The Morgan fingerprint density at radius 2 is 1.92 bits per heavy atom. The minimum Gasteiger partial charge on any atom is -0.379 e. The van der Waals surface area contributed by atoms with Gasteiger partial charge >= 0.3 is 0 Å². The second-order valence-corrected chi connectivity index (χ2v) is 5.30. The fourth-order valence-electron chi connectivity index (χ4n) is 2.22. The average molecular weight is 184 g/mol. The van der Waals surface area contributed by atoms with E-state index >= 15 is 0 Å². The van der Waals surface area contributed by atoms with Gasteiger partial charge in [0.15, 0.2) is 5.17 Å². The van der Waals surface area contributed by atoms with Crippen molar-refractivity contribution in [3.63, 3.8) is 0 Å². The van der Waals surface area contributed by atoms with Crippen molar-refractivity contribution in [1.29, 1.82) is 0 Å². The molecule has 0 aromatic heterocycles. The van der Waals surface area contributed by atoms with Gasteiger partial charge in [-0.05, 0) is 19.3 Å². The molecule has 0 saturated heterocycles. The SMILES string of the molecule is NC1=NCCC2(CCCCC2)S1. The Morgan fingerprint density at radius 1 is 1.17 bits per heavy atom. The summed E-state index contributed by atoms with van der Waals surface area (Å²) in [6, 6.07) is 0. The highest BCUT2D eigenvalue weighted by atomic mass is 32.2. The Balaban J connectivity index is 2.05. The van der Waals surface area contributed by atoms with Gasteiger partial charge in [-0.15, -0.1) is 0 Å². The Morgan fingerprint density at radius 3 is 2.58 bits per heavy atom. The van der Waals surface area contributed by atoms with Crippen LogP contribution in [0.2, 0.25) is 0 Å². The van der Waals surface area contributed by atoms with Crippen LogP contribution in [0.25, 0.3) is 0 Å². The summed E-state index contributed by atoms with van der Waals surface area (Å²) >= 11 is 1.84. The van der Waals surface area contributed by atoms with Crippen molar-refractivity contribution in [2.75, 3.05) is 6.54 Å². The zero-order valence-corrected chi connectivity index (χ0v) is 8.20. The highest BCUT2D eigenvalue weighted by Crippen LogP contribution is 2.44. The van der Waals surface area contributed by atoms with Crippen LogP contribution >= 0.6 is 11.8 Å². The number of hydrogen-bond acceptors (Lipinski definition) is 3. The summed E-state index contributed by atoms with van der Waals surface area (Å²) in [5.74, 6) is 0. The molecule has 1 aliphatic heterocycles. The minimum atomic E-state index is 0.490. The molecule has 2 nitrogen and oxygen atoms in total. The Hall–Kier alpha value is -0.180. The van der Waals surface area contributed by atoms with Crippen molar-refractivity contribution >= 4 is 16.9 Å². The molecule has 2 rings (SSSR count). The van der Waals surface area contributed by atoms with Crippen LogP contribution in [0, 0.1) is 0 Å². The van der Waals surface area contributed by atoms with Gasteiger partial charge in [0.2, 0.25) is 0 Å². The molecule has 3 heteroatoms. The summed E-state index contributed by atoms with van der Waals surface area (Å²) in [5.41, 5.74) is 5.75. The number of nitrogens with two attached hydrogens (primary N) is 1. The van der Waals surface area contributed by atoms with Crippen LogP contribution in [0.3, 0.4) is 0 Å². The van der Waals surface area contributed by atoms with Gasteiger partial charge in [0, 0.05) is 11.3 Å². The second-order valence-electron chi connectivity index (χ2n) is 3.82. The maximum atomic E-state index is 5.75. The first-order valence-electron chi connectivity index (χ1n) is 4.80. The first-order chi connectivity index (χ1) is 5.81. The quantitative estimate of drug-likeness (QED) is 0.626. The Labute approximate surface area is 78.0 Å². The van der Waals surface area contributed by atoms with E-state index < -0.39 is 0 Å². The molecule has 68 valence electrons. The number of amidine groups is 1. The van der Waals surface area contributed by atoms with Crippen LogP contribution in [-0.2, 0) is 0 Å². The predicted octanol–water partition coefficient (Wildman–Crippen LogP) is 2.14. The molecule has 0 aromatic carbocycles. The van der Waals surface area contributed by atoms with Gasteiger partial charge in [0.1, 0.15) is 0 Å². The van der Waals surface area contributed by atoms with E-state index in [-0.39, 0.29) is 0 Å². The van der Waals surface area contributed by atoms with Crippen LogP contribution in [0.5, 0.6) is 0 Å². The van der Waals surface area contributed by atoms with Gasteiger partial charge in [-0.25, -0.2) is 0 Å². The molecule has 0 amide bonds. The first-order valence-corrected chi connectivity index (χ1v) is 5.61. The van der Waals surface area contributed by atoms with E-state index in [2.05, 4.69) is 4.99 Å². The molecular weight excluding hydrogens is 168 g/mol. The Bertz CT molecular complexity index is 195. The summed E-state index contributed by atoms with van der Waals surface area (Å²) in [6.45, 7) is 0.957. The normalized spacial score (nSPS) is 28.5. The third kappa shape index (κ3) is 1.60. The lowest BCUT2D eigenvalue weighted by Crippen LogP contribution is -2.35. The molecule has 0 aromatic rings. The van der Waals surface area contributed by atoms with Gasteiger partial charge in [0.05, 0.1) is 0 Å². The number of rotatable bonds is 0. The second kappa shape index (κ2) is 3.29. The fourth-order valence-corrected chi connectivity index (χ4v) is 3.51. The van der Waals surface area contributed by atoms with E-state index in [0.29, 0.717) is 4.75 Å². The highest BCUT2D eigenvalue weighted by Gasteiger charge is 2.35. The van der Waals surface area contributed by atoms with Crippen LogP contribution in [0.1, 0.15) is 38.5 Å². The number of nitrogens with zero attached hydrogens (tertiary/aromatic N) is 1. The van der Waals surface area contributed by atoms with Crippen molar-refractivity contribution in [2.24, 2.45) is 10.7 Å². The van der Waals surface area contributed by atoms with Gasteiger partial charge in [-0.3, -0.25) is 4.99 Å². The monoisotopic (exact) mass is 184 g/mol. The summed E-state index contributed by atoms with van der Waals surface area (Å²) in [4.78, 5) is 4.24. The zero-order chi connectivity index (χ0) is 8.44. The van der Waals surface area contributed by atoms with Crippen LogP contribution in [-0.4, -0.2) is 16.5 Å². The molecule has 0 bridgehead atoms. The molecule has 0 radical (unpaired) electrons. The van der Waals surface area contributed by atoms with E-state index in [1.165, 1.54) is 38.5 Å². The maximum absolute atomic E-state index is 5.75. The van der Waals surface area contributed by atoms with Crippen molar-refractivity contribution in [2.45, 2.75) is 43.3 Å². The number of aliphatic imine (C=N–C) groups is 1. The lowest BCUT2D eigenvalue weighted by atomic mass is 9.86. The van der Waals surface area contributed by atoms with E-state index in [0.717, 1.165) is 11.7 Å². The van der Waals surface area contributed by atoms with Gasteiger partial charge < -0.3 is 5.73 Å². The minimum absolute atomic E-state index is 0.490. The first kappa shape index (κ1) is 8.42. The molecule has 1 aliphatic carbocycles. The lowest BCUT2D eigenvalue weighted by molar-refractivity contribution is 0.381. The molecule has 2 N–H and O–H groups in total. The summed E-state index contributed by atoms with van der Waals surface area (Å²) < 4.78 is 0.490. The summed E-state index contributed by atoms with van der Waals surface area (Å²) in [7, 11) is 0. The smallest absolute Gasteiger partial charge is 0.154 e. The van der Waals surface area contributed by atoms with Crippen LogP contribution < -0.4 is 5.73 Å². The Kier molecular flexibility index (Phi) is 2.31. The maximum Gasteiger partial charge on any atom is 0.154 e. The van der Waals surface area contributed by atoms with Crippen molar-refractivity contribution < 1.29 is 0 Å². The van der Waals surface area contributed by atoms with Gasteiger partial charge in [-0.2, -0.15) is 0 Å². The lowest BCUT2D eigenvalue weighted by Gasteiger charge is -2.38. The zero-order valence-electron chi connectivity index (χ0n) is 7.38. The number of thioether (sulfide) groups is 1. The van der Waals surface area contributed by atoms with Crippen molar-refractivity contribution in [1.82, 2.24) is 0 Å². The standard InChI is InChI=1S/C9H16N2S/c10-8-11-7-6-9(12-8)4-2-1-3-5-9/h1-7H2,(H2,10,11). The predicted molar refractivity (Wildman–Crippen MR) is 54.5 cm³/mol. The molecule has 1 saturated carbocycles. The summed E-state index contributed by atoms with van der Waals surface area (Å²) in [5, 5.41) is 0.822. The van der Waals surface area contributed by atoms with Crippen LogP contribution in [0.15, 0.2) is 4.99 Å². The molecular formula is C9H16N2S. The fraction of sp³-hybridized carbons (Fsp3) is 0.889. The number of hydrogen-bond donors (Lipinski definition) is 1. The van der Waals surface area contributed by atoms with Crippen molar-refractivity contribution in [3.8, 4) is 0 Å². The highest BCUT2D eigenvalue weighted by molar-refractivity contribution is 8.15. The van der Waals surface area contributed by atoms with Crippen LogP contribution in [0.4, 0.5) is 0 Å².